The predicted molar refractivity (Wildman–Crippen MR) is 104 cm³/mol. The van der Waals surface area contributed by atoms with Gasteiger partial charge in [0.2, 0.25) is 0 Å². The molecule has 0 amide bonds. The summed E-state index contributed by atoms with van der Waals surface area (Å²) >= 11 is 0. The molecule has 0 aliphatic heterocycles. The van der Waals surface area contributed by atoms with Crippen LogP contribution in [0.2, 0.25) is 0 Å². The summed E-state index contributed by atoms with van der Waals surface area (Å²) in [5, 5.41) is 14.8. The van der Waals surface area contributed by atoms with E-state index in [1.807, 2.05) is 36.4 Å². The molecular formula is C23H15NO. The molecule has 0 fully saturated rings. The Kier molecular flexibility index (Phi) is 2.98. The summed E-state index contributed by atoms with van der Waals surface area (Å²) in [7, 11) is 0. The average Bonchev–Trinajstić information content (AvgIpc) is 2.66. The molecule has 0 aliphatic carbocycles. The highest BCUT2D eigenvalue weighted by Gasteiger charge is 2.13. The molecule has 4 aromatic carbocycles. The Labute approximate surface area is 145 Å². The minimum atomic E-state index is 0.213. The number of rotatable bonds is 1. The molecular weight excluding hydrogens is 306 g/mol. The van der Waals surface area contributed by atoms with Gasteiger partial charge in [-0.15, -0.1) is 0 Å². The minimum Gasteiger partial charge on any atom is -0.506 e. The molecule has 0 aliphatic rings. The van der Waals surface area contributed by atoms with E-state index in [4.69, 9.17) is 4.98 Å². The number of aromatic nitrogens is 1. The van der Waals surface area contributed by atoms with Gasteiger partial charge in [-0.3, -0.25) is 0 Å². The normalized spacial score (nSPS) is 11.4. The van der Waals surface area contributed by atoms with E-state index < -0.39 is 0 Å². The molecule has 1 N–H and O–H groups in total. The quantitative estimate of drug-likeness (QED) is 0.389. The summed E-state index contributed by atoms with van der Waals surface area (Å²) in [6.45, 7) is 0. The highest BCUT2D eigenvalue weighted by atomic mass is 16.3. The lowest BCUT2D eigenvalue weighted by Gasteiger charge is -2.13. The number of hydrogen-bond acceptors (Lipinski definition) is 2. The molecule has 0 saturated heterocycles. The molecule has 0 spiro atoms. The maximum atomic E-state index is 10.4. The molecule has 5 aromatic rings. The van der Waals surface area contributed by atoms with Gasteiger partial charge in [0.1, 0.15) is 11.3 Å². The highest BCUT2D eigenvalue weighted by molar-refractivity contribution is 6.13. The molecule has 0 saturated carbocycles. The van der Waals surface area contributed by atoms with Gasteiger partial charge in [-0.2, -0.15) is 0 Å². The van der Waals surface area contributed by atoms with Gasteiger partial charge < -0.3 is 5.11 Å². The number of aromatic hydroxyl groups is 1. The molecule has 2 nitrogen and oxygen atoms in total. The van der Waals surface area contributed by atoms with E-state index in [-0.39, 0.29) is 5.75 Å². The van der Waals surface area contributed by atoms with Crippen LogP contribution in [0.1, 0.15) is 0 Å². The fourth-order valence-electron chi connectivity index (χ4n) is 3.55. The summed E-state index contributed by atoms with van der Waals surface area (Å²) in [6.07, 6.45) is 0. The van der Waals surface area contributed by atoms with Crippen molar-refractivity contribution in [2.24, 2.45) is 0 Å². The van der Waals surface area contributed by atoms with Gasteiger partial charge in [0.25, 0.3) is 0 Å². The Morgan fingerprint density at radius 3 is 2.16 bits per heavy atom. The van der Waals surface area contributed by atoms with Crippen molar-refractivity contribution in [3.05, 3.63) is 84.9 Å². The predicted octanol–water partition coefficient (Wildman–Crippen LogP) is 5.91. The number of pyridine rings is 1. The largest absolute Gasteiger partial charge is 0.506 e. The third kappa shape index (κ3) is 2.15. The van der Waals surface area contributed by atoms with Crippen LogP contribution in [0.15, 0.2) is 84.9 Å². The van der Waals surface area contributed by atoms with Crippen LogP contribution in [0, 0.1) is 0 Å². The standard InChI is InChI=1S/C23H15NO/c25-21-12-6-11-18-22(15-7-2-1-3-8-15)19-13-16-9-4-5-10-17(16)14-20(19)24-23(18)21/h1-14,25H. The SMILES string of the molecule is Oc1cccc2c(-c3ccccc3)c3cc4ccccc4cc3nc12. The lowest BCUT2D eigenvalue weighted by atomic mass is 9.94. The van der Waals surface area contributed by atoms with Crippen molar-refractivity contribution in [1.29, 1.82) is 0 Å². The lowest BCUT2D eigenvalue weighted by Crippen LogP contribution is -1.90. The van der Waals surface area contributed by atoms with E-state index in [0.717, 1.165) is 32.8 Å². The second-order valence-corrected chi connectivity index (χ2v) is 6.24. The van der Waals surface area contributed by atoms with Crippen molar-refractivity contribution in [2.45, 2.75) is 0 Å². The number of phenolic OH excluding ortho intramolecular Hbond substituents is 1. The number of hydrogen-bond donors (Lipinski definition) is 1. The van der Waals surface area contributed by atoms with Gasteiger partial charge in [0, 0.05) is 16.3 Å². The maximum absolute atomic E-state index is 10.4. The Morgan fingerprint density at radius 1 is 0.640 bits per heavy atom. The van der Waals surface area contributed by atoms with E-state index in [1.54, 1.807) is 6.07 Å². The van der Waals surface area contributed by atoms with Crippen molar-refractivity contribution in [3.63, 3.8) is 0 Å². The molecule has 0 radical (unpaired) electrons. The van der Waals surface area contributed by atoms with Gasteiger partial charge in [0.15, 0.2) is 0 Å². The number of benzene rings is 4. The van der Waals surface area contributed by atoms with Crippen molar-refractivity contribution < 1.29 is 5.11 Å². The molecule has 0 unspecified atom stereocenters. The van der Waals surface area contributed by atoms with Gasteiger partial charge in [-0.25, -0.2) is 4.98 Å². The van der Waals surface area contributed by atoms with Crippen molar-refractivity contribution in [3.8, 4) is 16.9 Å². The first-order valence-corrected chi connectivity index (χ1v) is 8.31. The third-order valence-corrected chi connectivity index (χ3v) is 4.71. The number of para-hydroxylation sites is 1. The molecule has 5 rings (SSSR count). The van der Waals surface area contributed by atoms with Gasteiger partial charge in [0.05, 0.1) is 5.52 Å². The fraction of sp³-hybridized carbons (Fsp3) is 0. The maximum Gasteiger partial charge on any atom is 0.141 e. The third-order valence-electron chi connectivity index (χ3n) is 4.71. The zero-order valence-electron chi connectivity index (χ0n) is 13.5. The van der Waals surface area contributed by atoms with Crippen LogP contribution in [0.3, 0.4) is 0 Å². The van der Waals surface area contributed by atoms with Gasteiger partial charge in [-0.1, -0.05) is 66.7 Å². The Morgan fingerprint density at radius 2 is 1.36 bits per heavy atom. The van der Waals surface area contributed by atoms with Crippen LogP contribution in [-0.2, 0) is 0 Å². The summed E-state index contributed by atoms with van der Waals surface area (Å²) in [4.78, 5) is 4.76. The zero-order valence-corrected chi connectivity index (χ0v) is 13.5. The monoisotopic (exact) mass is 321 g/mol. The van der Waals surface area contributed by atoms with E-state index >= 15 is 0 Å². The molecule has 118 valence electrons. The second-order valence-electron chi connectivity index (χ2n) is 6.24. The average molecular weight is 321 g/mol. The summed E-state index contributed by atoms with van der Waals surface area (Å²) in [6, 6.07) is 28.5. The minimum absolute atomic E-state index is 0.213. The summed E-state index contributed by atoms with van der Waals surface area (Å²) < 4.78 is 0. The molecule has 1 aromatic heterocycles. The van der Waals surface area contributed by atoms with Crippen LogP contribution in [0.5, 0.6) is 5.75 Å². The summed E-state index contributed by atoms with van der Waals surface area (Å²) in [5.74, 6) is 0.213. The smallest absolute Gasteiger partial charge is 0.141 e. The molecule has 1 heterocycles. The zero-order chi connectivity index (χ0) is 16.8. The van der Waals surface area contributed by atoms with Gasteiger partial charge in [-0.05, 0) is 34.5 Å². The fourth-order valence-corrected chi connectivity index (χ4v) is 3.55. The van der Waals surface area contributed by atoms with E-state index in [0.29, 0.717) is 5.52 Å². The van der Waals surface area contributed by atoms with E-state index in [9.17, 15) is 5.11 Å². The van der Waals surface area contributed by atoms with Crippen molar-refractivity contribution >= 4 is 32.6 Å². The molecule has 2 heteroatoms. The first-order chi connectivity index (χ1) is 12.3. The van der Waals surface area contributed by atoms with Crippen molar-refractivity contribution in [1.82, 2.24) is 4.98 Å². The Balaban J connectivity index is 2.04. The van der Waals surface area contributed by atoms with E-state index in [2.05, 4.69) is 42.5 Å². The molecule has 0 bridgehead atoms. The molecule has 0 atom stereocenters. The first-order valence-electron chi connectivity index (χ1n) is 8.31. The van der Waals surface area contributed by atoms with E-state index in [1.165, 1.54) is 5.39 Å². The van der Waals surface area contributed by atoms with Crippen LogP contribution < -0.4 is 0 Å². The van der Waals surface area contributed by atoms with Gasteiger partial charge >= 0.3 is 0 Å². The van der Waals surface area contributed by atoms with Crippen LogP contribution in [0.4, 0.5) is 0 Å². The van der Waals surface area contributed by atoms with Crippen LogP contribution >= 0.6 is 0 Å². The number of phenols is 1. The first kappa shape index (κ1) is 14.0. The number of fused-ring (bicyclic) bond motifs is 3. The Bertz CT molecular complexity index is 1240. The topological polar surface area (TPSA) is 33.1 Å². The highest BCUT2D eigenvalue weighted by Crippen LogP contribution is 2.38. The Hall–Kier alpha value is -3.39. The van der Waals surface area contributed by atoms with Crippen molar-refractivity contribution in [2.75, 3.05) is 0 Å². The summed E-state index contributed by atoms with van der Waals surface area (Å²) in [5.41, 5.74) is 3.78. The van der Waals surface area contributed by atoms with Crippen LogP contribution in [-0.4, -0.2) is 10.1 Å². The molecule has 25 heavy (non-hydrogen) atoms. The lowest BCUT2D eigenvalue weighted by molar-refractivity contribution is 0.480. The van der Waals surface area contributed by atoms with Crippen LogP contribution in [0.25, 0.3) is 43.7 Å². The number of nitrogens with zero attached hydrogens (tertiary/aromatic N) is 1. The second kappa shape index (κ2) is 5.32.